The molecule has 1 aliphatic heterocycles. The van der Waals surface area contributed by atoms with Gasteiger partial charge < -0.3 is 15.2 Å². The molecule has 0 unspecified atom stereocenters. The molecule has 24 heavy (non-hydrogen) atoms. The molecule has 0 atom stereocenters. The van der Waals surface area contributed by atoms with E-state index in [4.69, 9.17) is 4.74 Å². The predicted molar refractivity (Wildman–Crippen MR) is 92.3 cm³/mol. The Morgan fingerprint density at radius 3 is 2.79 bits per heavy atom. The minimum absolute atomic E-state index is 0.131. The number of carboxylic acid groups (broad SMARTS) is 1. The molecule has 6 nitrogen and oxygen atoms in total. The van der Waals surface area contributed by atoms with Gasteiger partial charge in [-0.25, -0.2) is 4.98 Å². The standard InChI is InChI=1S/C16H18N2O4S2/c19-13(17-10-16(15(20)21)3-5-22-6-4-16)8-11-9-24-14(18-11)12-2-1-7-23-12/h1-2,7,9H,3-6,8,10H2,(H,17,19)(H,20,21). The van der Waals surface area contributed by atoms with E-state index in [2.05, 4.69) is 10.3 Å². The predicted octanol–water partition coefficient (Wildman–Crippen LogP) is 2.41. The summed E-state index contributed by atoms with van der Waals surface area (Å²) in [6, 6.07) is 3.96. The topological polar surface area (TPSA) is 88.5 Å². The number of nitrogens with one attached hydrogen (secondary N) is 1. The molecule has 128 valence electrons. The van der Waals surface area contributed by atoms with E-state index in [1.807, 2.05) is 22.9 Å². The van der Waals surface area contributed by atoms with Crippen molar-refractivity contribution in [2.75, 3.05) is 19.8 Å². The molecule has 0 saturated carbocycles. The number of rotatable bonds is 6. The SMILES string of the molecule is O=C(Cc1csc(-c2cccs2)n1)NCC1(C(=O)O)CCOCC1. The molecular weight excluding hydrogens is 348 g/mol. The molecule has 2 aromatic heterocycles. The van der Waals surface area contributed by atoms with E-state index in [9.17, 15) is 14.7 Å². The molecule has 2 aromatic rings. The van der Waals surface area contributed by atoms with Crippen LogP contribution < -0.4 is 5.32 Å². The molecule has 0 bridgehead atoms. The minimum atomic E-state index is -0.919. The van der Waals surface area contributed by atoms with Gasteiger partial charge in [-0.3, -0.25) is 9.59 Å². The van der Waals surface area contributed by atoms with Crippen LogP contribution in [0.15, 0.2) is 22.9 Å². The summed E-state index contributed by atoms with van der Waals surface area (Å²) in [5.41, 5.74) is -0.213. The number of thiazole rings is 1. The van der Waals surface area contributed by atoms with Gasteiger partial charge in [0.2, 0.25) is 5.91 Å². The molecule has 3 rings (SSSR count). The number of thiophene rings is 1. The Bertz CT molecular complexity index is 705. The first-order chi connectivity index (χ1) is 11.6. The van der Waals surface area contributed by atoms with Crippen molar-refractivity contribution in [3.8, 4) is 9.88 Å². The number of amides is 1. The first-order valence-corrected chi connectivity index (χ1v) is 9.41. The van der Waals surface area contributed by atoms with Crippen LogP contribution in [0.25, 0.3) is 9.88 Å². The molecular formula is C16H18N2O4S2. The van der Waals surface area contributed by atoms with Crippen LogP contribution in [0.1, 0.15) is 18.5 Å². The highest BCUT2D eigenvalue weighted by Gasteiger charge is 2.40. The third-order valence-corrected chi connectivity index (χ3v) is 6.08. The smallest absolute Gasteiger partial charge is 0.311 e. The maximum Gasteiger partial charge on any atom is 0.311 e. The van der Waals surface area contributed by atoms with Crippen LogP contribution in [0.2, 0.25) is 0 Å². The van der Waals surface area contributed by atoms with Crippen LogP contribution in [0.5, 0.6) is 0 Å². The van der Waals surface area contributed by atoms with Crippen molar-refractivity contribution in [2.45, 2.75) is 19.3 Å². The molecule has 0 aliphatic carbocycles. The summed E-state index contributed by atoms with van der Waals surface area (Å²) >= 11 is 3.12. The zero-order valence-corrected chi connectivity index (χ0v) is 14.6. The first kappa shape index (κ1) is 17.1. The van der Waals surface area contributed by atoms with Gasteiger partial charge in [0, 0.05) is 25.1 Å². The Hall–Kier alpha value is -1.77. The molecule has 1 aliphatic rings. The number of hydrogen-bond donors (Lipinski definition) is 2. The number of carbonyl (C=O) groups is 2. The number of ether oxygens (including phenoxy) is 1. The lowest BCUT2D eigenvalue weighted by Gasteiger charge is -2.33. The van der Waals surface area contributed by atoms with E-state index >= 15 is 0 Å². The number of aliphatic carboxylic acids is 1. The quantitative estimate of drug-likeness (QED) is 0.820. The summed E-state index contributed by atoms with van der Waals surface area (Å²) in [6.07, 6.45) is 0.998. The van der Waals surface area contributed by atoms with E-state index in [0.29, 0.717) is 31.7 Å². The Labute approximate surface area is 147 Å². The fraction of sp³-hybridized carbons (Fsp3) is 0.438. The van der Waals surface area contributed by atoms with Gasteiger partial charge >= 0.3 is 5.97 Å². The number of hydrogen-bond acceptors (Lipinski definition) is 6. The van der Waals surface area contributed by atoms with Crippen LogP contribution in [-0.2, 0) is 20.7 Å². The molecule has 1 fully saturated rings. The van der Waals surface area contributed by atoms with E-state index in [1.165, 1.54) is 11.3 Å². The van der Waals surface area contributed by atoms with E-state index in [1.54, 1.807) is 11.3 Å². The molecule has 1 amide bonds. The van der Waals surface area contributed by atoms with Crippen molar-refractivity contribution in [1.82, 2.24) is 10.3 Å². The molecule has 0 spiro atoms. The van der Waals surface area contributed by atoms with Gasteiger partial charge in [0.1, 0.15) is 5.01 Å². The number of carboxylic acids is 1. The van der Waals surface area contributed by atoms with Crippen molar-refractivity contribution in [3.63, 3.8) is 0 Å². The highest BCUT2D eigenvalue weighted by Crippen LogP contribution is 2.30. The largest absolute Gasteiger partial charge is 0.481 e. The number of carbonyl (C=O) groups excluding carboxylic acids is 1. The number of nitrogens with zero attached hydrogens (tertiary/aromatic N) is 1. The lowest BCUT2D eigenvalue weighted by molar-refractivity contribution is -0.154. The van der Waals surface area contributed by atoms with E-state index in [-0.39, 0.29) is 18.9 Å². The van der Waals surface area contributed by atoms with Gasteiger partial charge in [-0.2, -0.15) is 0 Å². The van der Waals surface area contributed by atoms with Crippen molar-refractivity contribution >= 4 is 34.6 Å². The molecule has 1 saturated heterocycles. The Morgan fingerprint density at radius 1 is 1.33 bits per heavy atom. The second-order valence-corrected chi connectivity index (χ2v) is 7.58. The van der Waals surface area contributed by atoms with Crippen LogP contribution >= 0.6 is 22.7 Å². The van der Waals surface area contributed by atoms with Crippen molar-refractivity contribution in [2.24, 2.45) is 5.41 Å². The zero-order chi connectivity index (χ0) is 17.0. The first-order valence-electron chi connectivity index (χ1n) is 7.65. The number of aromatic nitrogens is 1. The summed E-state index contributed by atoms with van der Waals surface area (Å²) < 4.78 is 5.23. The van der Waals surface area contributed by atoms with E-state index < -0.39 is 11.4 Å². The fourth-order valence-electron chi connectivity index (χ4n) is 2.62. The van der Waals surface area contributed by atoms with E-state index in [0.717, 1.165) is 9.88 Å². The summed E-state index contributed by atoms with van der Waals surface area (Å²) in [6.45, 7) is 0.962. The average molecular weight is 366 g/mol. The molecule has 2 N–H and O–H groups in total. The lowest BCUT2D eigenvalue weighted by atomic mass is 9.80. The fourth-order valence-corrected chi connectivity index (χ4v) is 4.26. The second kappa shape index (κ2) is 7.42. The van der Waals surface area contributed by atoms with Gasteiger partial charge in [-0.05, 0) is 24.3 Å². The highest BCUT2D eigenvalue weighted by atomic mass is 32.1. The van der Waals surface area contributed by atoms with Gasteiger partial charge in [0.15, 0.2) is 0 Å². The maximum absolute atomic E-state index is 12.1. The molecule has 0 aromatic carbocycles. The highest BCUT2D eigenvalue weighted by molar-refractivity contribution is 7.20. The van der Waals surface area contributed by atoms with Crippen LogP contribution in [-0.4, -0.2) is 41.7 Å². The molecule has 3 heterocycles. The average Bonchev–Trinajstić information content (AvgIpc) is 3.25. The van der Waals surface area contributed by atoms with Crippen LogP contribution in [0.4, 0.5) is 0 Å². The van der Waals surface area contributed by atoms with Crippen molar-refractivity contribution in [1.29, 1.82) is 0 Å². The summed E-state index contributed by atoms with van der Waals surface area (Å²) in [5.74, 6) is -1.08. The summed E-state index contributed by atoms with van der Waals surface area (Å²) in [4.78, 5) is 29.3. The maximum atomic E-state index is 12.1. The normalized spacial score (nSPS) is 16.7. The van der Waals surface area contributed by atoms with Gasteiger partial charge in [0.05, 0.1) is 22.4 Å². The van der Waals surface area contributed by atoms with Gasteiger partial charge in [0.25, 0.3) is 0 Å². The Balaban J connectivity index is 1.56. The second-order valence-electron chi connectivity index (χ2n) is 5.77. The third-order valence-electron chi connectivity index (χ3n) is 4.15. The minimum Gasteiger partial charge on any atom is -0.481 e. The lowest BCUT2D eigenvalue weighted by Crippen LogP contribution is -2.46. The van der Waals surface area contributed by atoms with Gasteiger partial charge in [-0.1, -0.05) is 6.07 Å². The Kier molecular flexibility index (Phi) is 5.27. The van der Waals surface area contributed by atoms with Gasteiger partial charge in [-0.15, -0.1) is 22.7 Å². The monoisotopic (exact) mass is 366 g/mol. The van der Waals surface area contributed by atoms with Crippen LogP contribution in [0, 0.1) is 5.41 Å². The summed E-state index contributed by atoms with van der Waals surface area (Å²) in [7, 11) is 0. The van der Waals surface area contributed by atoms with Crippen molar-refractivity contribution < 1.29 is 19.4 Å². The summed E-state index contributed by atoms with van der Waals surface area (Å²) in [5, 5.41) is 17.0. The van der Waals surface area contributed by atoms with Crippen molar-refractivity contribution in [3.05, 3.63) is 28.6 Å². The molecule has 0 radical (unpaired) electrons. The third kappa shape index (κ3) is 3.82. The Morgan fingerprint density at radius 2 is 2.12 bits per heavy atom. The van der Waals surface area contributed by atoms with Crippen LogP contribution in [0.3, 0.4) is 0 Å². The molecule has 8 heteroatoms. The zero-order valence-electron chi connectivity index (χ0n) is 13.0.